The van der Waals surface area contributed by atoms with Crippen LogP contribution in [0.1, 0.15) is 58.6 Å². The lowest BCUT2D eigenvalue weighted by atomic mass is 9.70. The van der Waals surface area contributed by atoms with Crippen molar-refractivity contribution >= 4 is 39.6 Å². The number of alkyl halides is 1. The highest BCUT2D eigenvalue weighted by molar-refractivity contribution is 9.09. The number of halogens is 1. The summed E-state index contributed by atoms with van der Waals surface area (Å²) in [4.78, 5) is 58.8. The molecule has 3 fully saturated rings. The summed E-state index contributed by atoms with van der Waals surface area (Å²) in [5.74, 6) is -3.80. The molecule has 1 aromatic carbocycles. The number of carbonyl (C=O) groups is 4. The molecule has 4 rings (SSSR count). The van der Waals surface area contributed by atoms with Gasteiger partial charge in [0, 0.05) is 30.4 Å². The van der Waals surface area contributed by atoms with Crippen molar-refractivity contribution in [3.05, 3.63) is 61.2 Å². The van der Waals surface area contributed by atoms with Gasteiger partial charge in [-0.2, -0.15) is 0 Å². The number of fused-ring (bicyclic) bond motifs is 1. The zero-order chi connectivity index (χ0) is 34.7. The molecule has 0 radical (unpaired) electrons. The Labute approximate surface area is 285 Å². The normalized spacial score (nSPS) is 28.3. The molecular weight excluding hydrogens is 670 g/mol. The first-order valence-corrected chi connectivity index (χ1v) is 17.0. The Hall–Kier alpha value is -3.06. The van der Waals surface area contributed by atoms with E-state index in [0.29, 0.717) is 18.4 Å². The average molecular weight is 719 g/mol. The van der Waals surface area contributed by atoms with E-state index < -0.39 is 65.2 Å². The van der Waals surface area contributed by atoms with E-state index in [1.807, 2.05) is 26.8 Å². The van der Waals surface area contributed by atoms with Crippen molar-refractivity contribution < 1.29 is 38.5 Å². The summed E-state index contributed by atoms with van der Waals surface area (Å²) >= 11 is 3.70. The van der Waals surface area contributed by atoms with Crippen LogP contribution in [0, 0.1) is 11.8 Å². The van der Waals surface area contributed by atoms with Gasteiger partial charge in [0.2, 0.25) is 17.7 Å². The number of carbonyl (C=O) groups excluding carboxylic acids is 4. The summed E-state index contributed by atoms with van der Waals surface area (Å²) in [5, 5.41) is 13.2. The molecular formula is C35H48BrN3O8. The summed E-state index contributed by atoms with van der Waals surface area (Å²) in [6.45, 7) is 14.8. The molecule has 0 aromatic heterocycles. The van der Waals surface area contributed by atoms with Crippen LogP contribution in [0.2, 0.25) is 0 Å². The Morgan fingerprint density at radius 1 is 1.23 bits per heavy atom. The number of nitrogens with zero attached hydrogens (tertiary/aromatic N) is 2. The van der Waals surface area contributed by atoms with Crippen molar-refractivity contribution in [2.75, 3.05) is 26.9 Å². The van der Waals surface area contributed by atoms with E-state index >= 15 is 0 Å². The van der Waals surface area contributed by atoms with E-state index in [9.17, 15) is 24.3 Å². The number of aliphatic hydroxyl groups excluding tert-OH is 1. The van der Waals surface area contributed by atoms with E-state index in [1.54, 1.807) is 48.2 Å². The number of methoxy groups -OCH3 is 1. The fourth-order valence-corrected chi connectivity index (χ4v) is 8.22. The van der Waals surface area contributed by atoms with Crippen molar-refractivity contribution in [2.24, 2.45) is 11.8 Å². The molecule has 11 nitrogen and oxygen atoms in total. The largest absolute Gasteiger partial charge is 0.455 e. The van der Waals surface area contributed by atoms with Gasteiger partial charge in [0.25, 0.3) is 0 Å². The van der Waals surface area contributed by atoms with E-state index in [2.05, 4.69) is 34.4 Å². The van der Waals surface area contributed by atoms with Crippen molar-refractivity contribution in [1.29, 1.82) is 0 Å². The molecule has 3 amide bonds. The Morgan fingerprint density at radius 3 is 2.49 bits per heavy atom. The Balaban J connectivity index is 1.74. The van der Waals surface area contributed by atoms with Gasteiger partial charge in [0.1, 0.15) is 17.7 Å². The first-order chi connectivity index (χ1) is 22.3. The lowest BCUT2D eigenvalue weighted by Gasteiger charge is -2.43. The molecule has 258 valence electrons. The third-order valence-electron chi connectivity index (χ3n) is 9.36. The van der Waals surface area contributed by atoms with Crippen LogP contribution in [-0.2, 0) is 33.4 Å². The predicted octanol–water partition coefficient (Wildman–Crippen LogP) is 3.31. The average Bonchev–Trinajstić information content (AvgIpc) is 3.63. The Kier molecular flexibility index (Phi) is 11.7. The molecule has 47 heavy (non-hydrogen) atoms. The number of hydrogen-bond acceptors (Lipinski definition) is 8. The highest BCUT2D eigenvalue weighted by Crippen LogP contribution is 2.61. The van der Waals surface area contributed by atoms with Gasteiger partial charge in [-0.1, -0.05) is 58.4 Å². The van der Waals surface area contributed by atoms with Crippen molar-refractivity contribution in [3.8, 4) is 0 Å². The summed E-state index contributed by atoms with van der Waals surface area (Å²) in [5.41, 5.74) is -1.32. The van der Waals surface area contributed by atoms with Crippen LogP contribution in [0.25, 0.3) is 0 Å². The molecule has 3 saturated heterocycles. The quantitative estimate of drug-likeness (QED) is 0.160. The van der Waals surface area contributed by atoms with Gasteiger partial charge in [-0.05, 0) is 46.1 Å². The number of aliphatic hydroxyl groups is 1. The molecule has 1 aromatic rings. The molecule has 3 aliphatic rings. The number of esters is 1. The van der Waals surface area contributed by atoms with E-state index in [-0.39, 0.29) is 42.8 Å². The van der Waals surface area contributed by atoms with Crippen LogP contribution in [0.3, 0.4) is 0 Å². The Bertz CT molecular complexity index is 1340. The molecule has 0 aliphatic carbocycles. The minimum atomic E-state index is -1.34. The topological polar surface area (TPSA) is 135 Å². The monoisotopic (exact) mass is 717 g/mol. The van der Waals surface area contributed by atoms with Crippen LogP contribution >= 0.6 is 15.9 Å². The smallest absolute Gasteiger partial charge is 0.313 e. The van der Waals surface area contributed by atoms with Gasteiger partial charge in [0.05, 0.1) is 43.2 Å². The number of nitrogens with one attached hydrogen (secondary N) is 1. The van der Waals surface area contributed by atoms with Crippen molar-refractivity contribution in [2.45, 2.75) is 93.3 Å². The molecule has 9 atom stereocenters. The fourth-order valence-electron chi connectivity index (χ4n) is 7.27. The summed E-state index contributed by atoms with van der Waals surface area (Å²) in [7, 11) is 1.49. The van der Waals surface area contributed by atoms with Crippen molar-refractivity contribution in [1.82, 2.24) is 15.1 Å². The highest BCUT2D eigenvalue weighted by atomic mass is 79.9. The van der Waals surface area contributed by atoms with E-state index in [0.717, 1.165) is 0 Å². The number of ether oxygens (including phenoxy) is 3. The number of hydrogen-bond donors (Lipinski definition) is 2. The zero-order valence-electron chi connectivity index (χ0n) is 27.9. The summed E-state index contributed by atoms with van der Waals surface area (Å²) < 4.78 is 18.3. The minimum Gasteiger partial charge on any atom is -0.455 e. The number of amides is 3. The summed E-state index contributed by atoms with van der Waals surface area (Å²) in [6.07, 6.45) is 2.56. The van der Waals surface area contributed by atoms with Crippen molar-refractivity contribution in [3.63, 3.8) is 0 Å². The molecule has 12 heteroatoms. The predicted molar refractivity (Wildman–Crippen MR) is 179 cm³/mol. The van der Waals surface area contributed by atoms with Crippen LogP contribution in [0.15, 0.2) is 55.6 Å². The molecule has 0 saturated carbocycles. The highest BCUT2D eigenvalue weighted by Gasteiger charge is 2.77. The maximum absolute atomic E-state index is 14.5. The van der Waals surface area contributed by atoms with Gasteiger partial charge in [-0.3, -0.25) is 19.2 Å². The number of likely N-dealkylation sites (tertiary alicyclic amines) is 1. The second-order valence-electron chi connectivity index (χ2n) is 13.6. The molecule has 3 aliphatic heterocycles. The molecule has 3 heterocycles. The molecule has 1 unspecified atom stereocenters. The summed E-state index contributed by atoms with van der Waals surface area (Å²) in [6, 6.07) is 6.49. The maximum atomic E-state index is 14.5. The number of rotatable bonds is 15. The minimum absolute atomic E-state index is 0.0505. The second kappa shape index (κ2) is 15.0. The fraction of sp³-hybridized carbons (Fsp3) is 0.600. The van der Waals surface area contributed by atoms with Crippen LogP contribution in [0.5, 0.6) is 0 Å². The lowest BCUT2D eigenvalue weighted by Crippen LogP contribution is -2.61. The molecule has 2 N–H and O–H groups in total. The molecule has 2 bridgehead atoms. The van der Waals surface area contributed by atoms with Gasteiger partial charge >= 0.3 is 5.97 Å². The molecule has 1 spiro atoms. The SMILES string of the molecule is C=CCCC(=O)N[C@@H](COC)[C@@H](OC(=O)[C@@H]1[C@H]2O[C@@]3(CC2Br)[C@H](C(=O)N(CC=C)C(C)(C)C)N([C@H](C)CO)C(=O)[C@@H]13)c1ccccc1. The Morgan fingerprint density at radius 2 is 1.91 bits per heavy atom. The third kappa shape index (κ3) is 7.06. The number of allylic oxidation sites excluding steroid dienone is 1. The third-order valence-corrected chi connectivity index (χ3v) is 10.2. The van der Waals surface area contributed by atoms with Gasteiger partial charge in [-0.15, -0.1) is 13.2 Å². The lowest BCUT2D eigenvalue weighted by molar-refractivity contribution is -0.163. The first-order valence-electron chi connectivity index (χ1n) is 16.1. The standard InChI is InChI=1S/C35H48BrN3O8/c1-8-10-16-25(41)37-24(20-45-7)28(22-14-12-11-13-15-22)46-33(44)26-27-31(42)39(21(3)19-40)30(35(27)18-23(36)29(26)47-35)32(43)38(17-9-2)34(4,5)6/h8-9,11-15,21,23-24,26-30,40H,1-2,10,16-20H2,3-7H3,(H,37,41)/t21-,23?,24+,26+,27-,28+,29+,30+,35-/m1/s1. The maximum Gasteiger partial charge on any atom is 0.313 e. The van der Waals surface area contributed by atoms with Crippen LogP contribution in [-0.4, -0.2) is 106 Å². The zero-order valence-corrected chi connectivity index (χ0v) is 29.5. The van der Waals surface area contributed by atoms with Crippen LogP contribution < -0.4 is 5.32 Å². The van der Waals surface area contributed by atoms with E-state index in [4.69, 9.17) is 14.2 Å². The van der Waals surface area contributed by atoms with Gasteiger partial charge in [0.15, 0.2) is 0 Å². The van der Waals surface area contributed by atoms with Gasteiger partial charge in [-0.25, -0.2) is 0 Å². The second-order valence-corrected chi connectivity index (χ2v) is 14.7. The first kappa shape index (κ1) is 36.8. The van der Waals surface area contributed by atoms with Gasteiger partial charge < -0.3 is 34.4 Å². The van der Waals surface area contributed by atoms with E-state index in [1.165, 1.54) is 12.0 Å². The van der Waals surface area contributed by atoms with Crippen LogP contribution in [0.4, 0.5) is 0 Å². The number of benzene rings is 1.